The van der Waals surface area contributed by atoms with Crippen molar-refractivity contribution in [3.63, 3.8) is 0 Å². The second kappa shape index (κ2) is 4.28. The Balaban J connectivity index is 3.56. The minimum absolute atomic E-state index is 0.0308. The van der Waals surface area contributed by atoms with Crippen molar-refractivity contribution in [2.75, 3.05) is 0 Å². The van der Waals surface area contributed by atoms with Crippen LogP contribution in [0.3, 0.4) is 0 Å². The first-order valence-corrected chi connectivity index (χ1v) is 2.51. The standard InChI is InChI=1S/C8H8/c1-4-6-7-8(3)5-2/h8H,1,4H2,3H3. The van der Waals surface area contributed by atoms with E-state index in [1.165, 1.54) is 0 Å². The summed E-state index contributed by atoms with van der Waals surface area (Å²) in [7, 11) is 0. The van der Waals surface area contributed by atoms with Gasteiger partial charge in [0.15, 0.2) is 0 Å². The smallest absolute Gasteiger partial charge is 0.0793 e. The van der Waals surface area contributed by atoms with Gasteiger partial charge in [-0.05, 0) is 20.3 Å². The van der Waals surface area contributed by atoms with Gasteiger partial charge in [0.2, 0.25) is 0 Å². The van der Waals surface area contributed by atoms with Gasteiger partial charge in [0.05, 0.1) is 5.92 Å². The maximum Gasteiger partial charge on any atom is 0.0793 e. The van der Waals surface area contributed by atoms with Crippen LogP contribution in [0.15, 0.2) is 0 Å². The van der Waals surface area contributed by atoms with Crippen molar-refractivity contribution in [1.82, 2.24) is 0 Å². The van der Waals surface area contributed by atoms with Crippen LogP contribution in [-0.4, -0.2) is 0 Å². The second-order valence-electron chi connectivity index (χ2n) is 1.44. The van der Waals surface area contributed by atoms with Crippen molar-refractivity contribution >= 4 is 0 Å². The molecule has 1 atom stereocenters. The highest BCUT2D eigenvalue weighted by Gasteiger charge is 1.82. The highest BCUT2D eigenvalue weighted by molar-refractivity contribution is 5.11. The molecule has 0 aliphatic rings. The maximum atomic E-state index is 6.61. The summed E-state index contributed by atoms with van der Waals surface area (Å²) < 4.78 is 0. The predicted octanol–water partition coefficient (Wildman–Crippen LogP) is 1.44. The SMILES string of the molecule is [C]#CC(C)C#CC[CH2]. The molecule has 0 aliphatic carbocycles. The quantitative estimate of drug-likeness (QED) is 0.408. The molecule has 0 aromatic rings. The van der Waals surface area contributed by atoms with Crippen LogP contribution in [0.25, 0.3) is 0 Å². The van der Waals surface area contributed by atoms with Crippen molar-refractivity contribution < 1.29 is 0 Å². The van der Waals surface area contributed by atoms with Gasteiger partial charge in [0.1, 0.15) is 0 Å². The van der Waals surface area contributed by atoms with Gasteiger partial charge < -0.3 is 0 Å². The van der Waals surface area contributed by atoms with E-state index >= 15 is 0 Å². The zero-order valence-electron chi connectivity index (χ0n) is 4.99. The molecule has 0 aromatic heterocycles. The van der Waals surface area contributed by atoms with E-state index in [1.807, 2.05) is 6.92 Å². The molecule has 0 nitrogen and oxygen atoms in total. The van der Waals surface area contributed by atoms with Crippen molar-refractivity contribution in [3.8, 4) is 17.8 Å². The number of rotatable bonds is 0. The molecule has 0 bridgehead atoms. The largest absolute Gasteiger partial charge is 0.102 e. The van der Waals surface area contributed by atoms with Crippen molar-refractivity contribution in [2.24, 2.45) is 5.92 Å². The molecule has 0 heteroatoms. The minimum Gasteiger partial charge on any atom is -0.102 e. The molecule has 0 aliphatic heterocycles. The van der Waals surface area contributed by atoms with Gasteiger partial charge in [-0.2, -0.15) is 0 Å². The monoisotopic (exact) mass is 104 g/mol. The Morgan fingerprint density at radius 2 is 2.38 bits per heavy atom. The lowest BCUT2D eigenvalue weighted by molar-refractivity contribution is 1.02. The maximum absolute atomic E-state index is 6.61. The zero-order chi connectivity index (χ0) is 6.41. The van der Waals surface area contributed by atoms with Gasteiger partial charge in [0.25, 0.3) is 0 Å². The van der Waals surface area contributed by atoms with E-state index < -0.39 is 0 Å². The van der Waals surface area contributed by atoms with Crippen LogP contribution in [-0.2, 0) is 0 Å². The highest BCUT2D eigenvalue weighted by atomic mass is 13.8. The van der Waals surface area contributed by atoms with E-state index in [2.05, 4.69) is 24.7 Å². The lowest BCUT2D eigenvalue weighted by Crippen LogP contribution is -1.80. The fourth-order valence-electron chi connectivity index (χ4n) is 0.261. The van der Waals surface area contributed by atoms with E-state index in [0.29, 0.717) is 6.42 Å². The van der Waals surface area contributed by atoms with Gasteiger partial charge in [-0.3, -0.25) is 0 Å². The predicted molar refractivity (Wildman–Crippen MR) is 34.0 cm³/mol. The van der Waals surface area contributed by atoms with Crippen molar-refractivity contribution in [3.05, 3.63) is 13.3 Å². The Kier molecular flexibility index (Phi) is 3.81. The second-order valence-corrected chi connectivity index (χ2v) is 1.44. The fourth-order valence-corrected chi connectivity index (χ4v) is 0.261. The summed E-state index contributed by atoms with van der Waals surface area (Å²) in [6.07, 6.45) is 7.23. The molecule has 0 N–H and O–H groups in total. The zero-order valence-corrected chi connectivity index (χ0v) is 4.99. The molecular weight excluding hydrogens is 96.1 g/mol. The van der Waals surface area contributed by atoms with Gasteiger partial charge in [0, 0.05) is 6.42 Å². The molecule has 2 radical (unpaired) electrons. The Labute approximate surface area is 51.3 Å². The van der Waals surface area contributed by atoms with Gasteiger partial charge in [-0.15, -0.1) is 5.92 Å². The Morgan fingerprint density at radius 3 is 2.75 bits per heavy atom. The van der Waals surface area contributed by atoms with Crippen LogP contribution in [0.4, 0.5) is 0 Å². The highest BCUT2D eigenvalue weighted by Crippen LogP contribution is 1.85. The first-order chi connectivity index (χ1) is 3.81. The topological polar surface area (TPSA) is 0 Å². The molecule has 0 amide bonds. The van der Waals surface area contributed by atoms with Crippen molar-refractivity contribution in [1.29, 1.82) is 0 Å². The van der Waals surface area contributed by atoms with Crippen LogP contribution in [0.1, 0.15) is 13.3 Å². The number of hydrogen-bond acceptors (Lipinski definition) is 0. The van der Waals surface area contributed by atoms with E-state index in [4.69, 9.17) is 6.42 Å². The molecule has 0 aromatic carbocycles. The van der Waals surface area contributed by atoms with Crippen LogP contribution < -0.4 is 0 Å². The van der Waals surface area contributed by atoms with Crippen LogP contribution >= 0.6 is 0 Å². The van der Waals surface area contributed by atoms with Gasteiger partial charge in [-0.1, -0.05) is 11.8 Å². The average Bonchev–Trinajstić information content (AvgIpc) is 1.83. The molecule has 40 valence electrons. The van der Waals surface area contributed by atoms with E-state index in [9.17, 15) is 0 Å². The number of hydrogen-bond donors (Lipinski definition) is 0. The first kappa shape index (κ1) is 7.12. The molecule has 0 spiro atoms. The average molecular weight is 104 g/mol. The first-order valence-electron chi connectivity index (χ1n) is 2.51. The molecule has 8 heavy (non-hydrogen) atoms. The summed E-state index contributed by atoms with van der Waals surface area (Å²) in [4.78, 5) is 0. The summed E-state index contributed by atoms with van der Waals surface area (Å²) in [6.45, 7) is 5.36. The van der Waals surface area contributed by atoms with E-state index in [0.717, 1.165) is 0 Å². The fraction of sp³-hybridized carbons (Fsp3) is 0.375. The molecule has 0 rings (SSSR count). The van der Waals surface area contributed by atoms with E-state index in [-0.39, 0.29) is 5.92 Å². The van der Waals surface area contributed by atoms with Crippen LogP contribution in [0.5, 0.6) is 0 Å². The Hall–Kier alpha value is -0.880. The lowest BCUT2D eigenvalue weighted by atomic mass is 10.2. The summed E-state index contributed by atoms with van der Waals surface area (Å²) in [6, 6.07) is 0. The van der Waals surface area contributed by atoms with Gasteiger partial charge >= 0.3 is 0 Å². The summed E-state index contributed by atoms with van der Waals surface area (Å²) in [5, 5.41) is 0. The van der Waals surface area contributed by atoms with E-state index in [1.54, 1.807) is 0 Å². The summed E-state index contributed by atoms with van der Waals surface area (Å²) >= 11 is 0. The third-order valence-electron chi connectivity index (χ3n) is 0.660. The van der Waals surface area contributed by atoms with Crippen LogP contribution in [0, 0.1) is 37.0 Å². The molecule has 1 unspecified atom stereocenters. The lowest BCUT2D eigenvalue weighted by Gasteiger charge is -1.83. The molecule has 0 fully saturated rings. The molecule has 0 saturated carbocycles. The van der Waals surface area contributed by atoms with Gasteiger partial charge in [-0.25, -0.2) is 0 Å². The van der Waals surface area contributed by atoms with Crippen LogP contribution in [0.2, 0.25) is 0 Å². The Bertz CT molecular complexity index is 138. The Morgan fingerprint density at radius 1 is 1.75 bits per heavy atom. The minimum atomic E-state index is -0.0308. The van der Waals surface area contributed by atoms with Crippen molar-refractivity contribution in [2.45, 2.75) is 13.3 Å². The summed E-state index contributed by atoms with van der Waals surface area (Å²) in [5.41, 5.74) is 0. The summed E-state index contributed by atoms with van der Waals surface area (Å²) in [5.74, 6) is 7.74. The third-order valence-corrected chi connectivity index (χ3v) is 0.660. The normalized spacial score (nSPS) is 10.6. The molecular formula is C8H8. The molecule has 0 heterocycles. The third kappa shape index (κ3) is 3.32. The molecule has 0 saturated heterocycles.